The van der Waals surface area contributed by atoms with Crippen LogP contribution in [0.1, 0.15) is 30.4 Å². The van der Waals surface area contributed by atoms with Crippen LogP contribution in [0.15, 0.2) is 18.2 Å². The molecule has 0 unspecified atom stereocenters. The highest BCUT2D eigenvalue weighted by Crippen LogP contribution is 2.20. The molecule has 0 heterocycles. The highest BCUT2D eigenvalue weighted by Gasteiger charge is 2.16. The van der Waals surface area contributed by atoms with Gasteiger partial charge in [0.1, 0.15) is 0 Å². The van der Waals surface area contributed by atoms with Crippen molar-refractivity contribution in [3.05, 3.63) is 34.3 Å². The molecule has 0 atom stereocenters. The molecule has 1 saturated carbocycles. The van der Waals surface area contributed by atoms with Crippen molar-refractivity contribution in [2.75, 3.05) is 0 Å². The normalized spacial score (nSPS) is 16.7. The van der Waals surface area contributed by atoms with Gasteiger partial charge in [0.2, 0.25) is 0 Å². The largest absolute Gasteiger partial charge is 0.310 e. The van der Waals surface area contributed by atoms with Gasteiger partial charge in [0.05, 0.1) is 0 Å². The van der Waals surface area contributed by atoms with Crippen LogP contribution in [0.25, 0.3) is 0 Å². The third-order valence-electron chi connectivity index (χ3n) is 2.99. The zero-order chi connectivity index (χ0) is 9.97. The quantitative estimate of drug-likeness (QED) is 0.806. The molecule has 0 radical (unpaired) electrons. The number of rotatable bonds is 3. The van der Waals surface area contributed by atoms with Crippen molar-refractivity contribution in [1.29, 1.82) is 0 Å². The third-order valence-corrected chi connectivity index (χ3v) is 3.23. The van der Waals surface area contributed by atoms with Crippen LogP contribution < -0.4 is 5.32 Å². The van der Waals surface area contributed by atoms with Crippen molar-refractivity contribution in [2.45, 2.75) is 38.8 Å². The molecular formula is C12H16ClN. The maximum atomic E-state index is 5.90. The van der Waals surface area contributed by atoms with E-state index in [1.807, 2.05) is 12.1 Å². The average Bonchev–Trinajstić information content (AvgIpc) is 2.05. The van der Waals surface area contributed by atoms with E-state index in [4.69, 9.17) is 11.6 Å². The van der Waals surface area contributed by atoms with Gasteiger partial charge in [-0.25, -0.2) is 0 Å². The highest BCUT2D eigenvalue weighted by atomic mass is 35.5. The fourth-order valence-electron chi connectivity index (χ4n) is 1.72. The summed E-state index contributed by atoms with van der Waals surface area (Å²) in [7, 11) is 0. The number of aryl methyl sites for hydroxylation is 1. The first-order valence-corrected chi connectivity index (χ1v) is 5.62. The molecule has 0 spiro atoms. The zero-order valence-electron chi connectivity index (χ0n) is 8.52. The Morgan fingerprint density at radius 1 is 1.43 bits per heavy atom. The summed E-state index contributed by atoms with van der Waals surface area (Å²) < 4.78 is 0. The van der Waals surface area contributed by atoms with Gasteiger partial charge in [0.25, 0.3) is 0 Å². The van der Waals surface area contributed by atoms with Crippen LogP contribution in [-0.4, -0.2) is 6.04 Å². The Labute approximate surface area is 90.5 Å². The Hall–Kier alpha value is -0.530. The molecule has 0 amide bonds. The second-order valence-corrected chi connectivity index (χ2v) is 4.52. The van der Waals surface area contributed by atoms with Crippen molar-refractivity contribution in [3.63, 3.8) is 0 Å². The van der Waals surface area contributed by atoms with Crippen LogP contribution in [-0.2, 0) is 6.54 Å². The molecule has 0 bridgehead atoms. The van der Waals surface area contributed by atoms with E-state index in [0.29, 0.717) is 0 Å². The maximum absolute atomic E-state index is 5.90. The molecule has 76 valence electrons. The predicted octanol–water partition coefficient (Wildman–Crippen LogP) is 3.29. The van der Waals surface area contributed by atoms with E-state index in [9.17, 15) is 0 Å². The molecule has 1 fully saturated rings. The first kappa shape index (κ1) is 10.0. The average molecular weight is 210 g/mol. The summed E-state index contributed by atoms with van der Waals surface area (Å²) in [6.07, 6.45) is 4.07. The molecule has 1 nitrogen and oxygen atoms in total. The summed E-state index contributed by atoms with van der Waals surface area (Å²) in [5.74, 6) is 0. The Morgan fingerprint density at radius 2 is 2.21 bits per heavy atom. The standard InChI is InChI=1S/C12H16ClN/c1-9-7-11(13)6-5-10(9)8-14-12-3-2-4-12/h5-7,12,14H,2-4,8H2,1H3. The lowest BCUT2D eigenvalue weighted by Crippen LogP contribution is -2.34. The van der Waals surface area contributed by atoms with E-state index < -0.39 is 0 Å². The SMILES string of the molecule is Cc1cc(Cl)ccc1CNC1CCC1. The summed E-state index contributed by atoms with van der Waals surface area (Å²) in [6.45, 7) is 3.09. The lowest BCUT2D eigenvalue weighted by Gasteiger charge is -2.26. The van der Waals surface area contributed by atoms with Crippen LogP contribution in [0, 0.1) is 6.92 Å². The summed E-state index contributed by atoms with van der Waals surface area (Å²) in [6, 6.07) is 6.86. The molecule has 1 aliphatic carbocycles. The molecule has 1 N–H and O–H groups in total. The van der Waals surface area contributed by atoms with Crippen molar-refractivity contribution in [2.24, 2.45) is 0 Å². The minimum absolute atomic E-state index is 0.755. The van der Waals surface area contributed by atoms with Crippen LogP contribution in [0.2, 0.25) is 5.02 Å². The summed E-state index contributed by atoms with van der Waals surface area (Å²) in [4.78, 5) is 0. The lowest BCUT2D eigenvalue weighted by atomic mass is 9.93. The molecule has 0 saturated heterocycles. The second-order valence-electron chi connectivity index (χ2n) is 4.08. The fraction of sp³-hybridized carbons (Fsp3) is 0.500. The predicted molar refractivity (Wildman–Crippen MR) is 60.7 cm³/mol. The summed E-state index contributed by atoms with van der Waals surface area (Å²) in [5, 5.41) is 4.38. The van der Waals surface area contributed by atoms with Crippen molar-refractivity contribution < 1.29 is 0 Å². The fourth-order valence-corrected chi connectivity index (χ4v) is 1.95. The van der Waals surface area contributed by atoms with Crippen molar-refractivity contribution in [1.82, 2.24) is 5.32 Å². The van der Waals surface area contributed by atoms with Gasteiger partial charge >= 0.3 is 0 Å². The summed E-state index contributed by atoms with van der Waals surface area (Å²) in [5.41, 5.74) is 2.64. The minimum atomic E-state index is 0.755. The maximum Gasteiger partial charge on any atom is 0.0408 e. The van der Waals surface area contributed by atoms with Crippen LogP contribution in [0.4, 0.5) is 0 Å². The Bertz CT molecular complexity index is 318. The molecule has 0 aromatic heterocycles. The number of nitrogens with one attached hydrogen (secondary N) is 1. The van der Waals surface area contributed by atoms with Gasteiger partial charge < -0.3 is 5.32 Å². The van der Waals surface area contributed by atoms with Crippen LogP contribution in [0.5, 0.6) is 0 Å². The van der Waals surface area contributed by atoms with E-state index >= 15 is 0 Å². The number of hydrogen-bond donors (Lipinski definition) is 1. The molecule has 0 aliphatic heterocycles. The van der Waals surface area contributed by atoms with Crippen LogP contribution in [0.3, 0.4) is 0 Å². The smallest absolute Gasteiger partial charge is 0.0408 e. The first-order chi connectivity index (χ1) is 6.75. The first-order valence-electron chi connectivity index (χ1n) is 5.24. The van der Waals surface area contributed by atoms with E-state index in [1.165, 1.54) is 30.4 Å². The number of halogens is 1. The van der Waals surface area contributed by atoms with Gasteiger partial charge in [-0.05, 0) is 43.0 Å². The summed E-state index contributed by atoms with van der Waals surface area (Å²) >= 11 is 5.90. The molecule has 1 aromatic rings. The van der Waals surface area contributed by atoms with Gasteiger partial charge in [-0.15, -0.1) is 0 Å². The third kappa shape index (κ3) is 2.28. The van der Waals surface area contributed by atoms with E-state index in [2.05, 4.69) is 18.3 Å². The molecule has 1 aromatic carbocycles. The van der Waals surface area contributed by atoms with Gasteiger partial charge in [-0.3, -0.25) is 0 Å². The molecule has 1 aliphatic rings. The highest BCUT2D eigenvalue weighted by molar-refractivity contribution is 6.30. The topological polar surface area (TPSA) is 12.0 Å². The molecule has 14 heavy (non-hydrogen) atoms. The second kappa shape index (κ2) is 4.33. The van der Waals surface area contributed by atoms with E-state index in [-0.39, 0.29) is 0 Å². The molecule has 2 rings (SSSR count). The Balaban J connectivity index is 1.94. The van der Waals surface area contributed by atoms with E-state index in [0.717, 1.165) is 17.6 Å². The van der Waals surface area contributed by atoms with Gasteiger partial charge in [-0.2, -0.15) is 0 Å². The Morgan fingerprint density at radius 3 is 2.79 bits per heavy atom. The van der Waals surface area contributed by atoms with Crippen LogP contribution >= 0.6 is 11.6 Å². The van der Waals surface area contributed by atoms with Gasteiger partial charge in [-0.1, -0.05) is 24.1 Å². The minimum Gasteiger partial charge on any atom is -0.310 e. The van der Waals surface area contributed by atoms with Gasteiger partial charge in [0, 0.05) is 17.6 Å². The molecular weight excluding hydrogens is 194 g/mol. The van der Waals surface area contributed by atoms with Gasteiger partial charge in [0.15, 0.2) is 0 Å². The molecule has 2 heteroatoms. The monoisotopic (exact) mass is 209 g/mol. The number of hydrogen-bond acceptors (Lipinski definition) is 1. The van der Waals surface area contributed by atoms with Crippen molar-refractivity contribution >= 4 is 11.6 Å². The zero-order valence-corrected chi connectivity index (χ0v) is 9.27. The number of benzene rings is 1. The Kier molecular flexibility index (Phi) is 3.09. The van der Waals surface area contributed by atoms with E-state index in [1.54, 1.807) is 0 Å². The van der Waals surface area contributed by atoms with Crippen molar-refractivity contribution in [3.8, 4) is 0 Å². The lowest BCUT2D eigenvalue weighted by molar-refractivity contribution is 0.338.